The van der Waals surface area contributed by atoms with Crippen molar-refractivity contribution < 1.29 is 33.0 Å². The largest absolute Gasteiger partial charge is 0.394 e. The molecule has 0 radical (unpaired) electrons. The first-order valence-electron chi connectivity index (χ1n) is 7.52. The van der Waals surface area contributed by atoms with E-state index in [9.17, 15) is 18.0 Å². The SMILES string of the molecule is Cc1cc(Br)cnc1Nc1c(C(=O)NOC[C@H](O)CO)cc(F)c(F)c1F. The van der Waals surface area contributed by atoms with E-state index in [4.69, 9.17) is 10.2 Å². The van der Waals surface area contributed by atoms with Crippen LogP contribution in [0.15, 0.2) is 22.8 Å². The molecule has 2 aromatic rings. The molecule has 0 saturated heterocycles. The molecule has 1 atom stereocenters. The van der Waals surface area contributed by atoms with E-state index >= 15 is 0 Å². The molecule has 7 nitrogen and oxygen atoms in total. The summed E-state index contributed by atoms with van der Waals surface area (Å²) in [5.41, 5.74) is 1.17. The fourth-order valence-corrected chi connectivity index (χ4v) is 2.44. The summed E-state index contributed by atoms with van der Waals surface area (Å²) in [6.45, 7) is 0.554. The number of nitrogens with zero attached hydrogens (tertiary/aromatic N) is 1. The van der Waals surface area contributed by atoms with Gasteiger partial charge in [-0.15, -0.1) is 0 Å². The number of rotatable bonds is 7. The highest BCUT2D eigenvalue weighted by Gasteiger charge is 2.24. The van der Waals surface area contributed by atoms with Crippen LogP contribution in [0.3, 0.4) is 0 Å². The highest BCUT2D eigenvalue weighted by Crippen LogP contribution is 2.29. The van der Waals surface area contributed by atoms with Gasteiger partial charge in [0.15, 0.2) is 17.5 Å². The fraction of sp³-hybridized carbons (Fsp3) is 0.250. The predicted molar refractivity (Wildman–Crippen MR) is 92.8 cm³/mol. The van der Waals surface area contributed by atoms with Gasteiger partial charge in [-0.3, -0.25) is 9.63 Å². The van der Waals surface area contributed by atoms with Gasteiger partial charge >= 0.3 is 0 Å². The minimum absolute atomic E-state index is 0.119. The zero-order valence-corrected chi connectivity index (χ0v) is 15.5. The molecule has 1 amide bonds. The first-order chi connectivity index (χ1) is 12.7. The Morgan fingerprint density at radius 1 is 1.33 bits per heavy atom. The number of carbonyl (C=O) groups is 1. The Balaban J connectivity index is 2.34. The second kappa shape index (κ2) is 9.13. The van der Waals surface area contributed by atoms with Crippen molar-refractivity contribution in [1.29, 1.82) is 0 Å². The number of nitrogens with one attached hydrogen (secondary N) is 2. The van der Waals surface area contributed by atoms with Gasteiger partial charge in [0, 0.05) is 10.7 Å². The van der Waals surface area contributed by atoms with E-state index < -0.39 is 53.9 Å². The molecule has 2 rings (SSSR count). The van der Waals surface area contributed by atoms with Gasteiger partial charge in [0.1, 0.15) is 18.5 Å². The number of aliphatic hydroxyl groups excluding tert-OH is 2. The molecular formula is C16H15BrF3N3O4. The lowest BCUT2D eigenvalue weighted by atomic mass is 10.1. The Bertz CT molecular complexity index is 854. The van der Waals surface area contributed by atoms with Crippen LogP contribution in [0.1, 0.15) is 15.9 Å². The zero-order valence-electron chi connectivity index (χ0n) is 13.9. The Morgan fingerprint density at radius 3 is 2.67 bits per heavy atom. The molecule has 0 bridgehead atoms. The van der Waals surface area contributed by atoms with Crippen LogP contribution >= 0.6 is 15.9 Å². The lowest BCUT2D eigenvalue weighted by molar-refractivity contribution is -0.0295. The Hall–Kier alpha value is -2.21. The maximum atomic E-state index is 14.3. The van der Waals surface area contributed by atoms with Crippen molar-refractivity contribution in [2.24, 2.45) is 0 Å². The van der Waals surface area contributed by atoms with Crippen LogP contribution in [-0.4, -0.2) is 40.4 Å². The Morgan fingerprint density at radius 2 is 2.04 bits per heavy atom. The van der Waals surface area contributed by atoms with Gasteiger partial charge in [0.2, 0.25) is 0 Å². The molecule has 0 aliphatic heterocycles. The number of amides is 1. The number of halogens is 4. The smallest absolute Gasteiger partial charge is 0.277 e. The highest BCUT2D eigenvalue weighted by atomic mass is 79.9. The van der Waals surface area contributed by atoms with Gasteiger partial charge in [-0.05, 0) is 40.5 Å². The number of benzene rings is 1. The summed E-state index contributed by atoms with van der Waals surface area (Å²) in [4.78, 5) is 20.8. The lowest BCUT2D eigenvalue weighted by Crippen LogP contribution is -2.30. The van der Waals surface area contributed by atoms with E-state index in [1.165, 1.54) is 6.20 Å². The molecule has 1 aromatic carbocycles. The third-order valence-corrected chi connectivity index (χ3v) is 3.78. The standard InChI is InChI=1S/C16H15BrF3N3O4/c1-7-2-8(17)4-21-15(7)22-14-10(3-11(18)12(19)13(14)20)16(26)23-27-6-9(25)5-24/h2-4,9,24-25H,5-6H2,1H3,(H,21,22)(H,23,26)/t9-/m1/s1. The topological polar surface area (TPSA) is 104 Å². The van der Waals surface area contributed by atoms with E-state index in [0.717, 1.165) is 0 Å². The van der Waals surface area contributed by atoms with E-state index in [0.29, 0.717) is 16.1 Å². The van der Waals surface area contributed by atoms with Gasteiger partial charge in [-0.25, -0.2) is 23.6 Å². The Kier molecular flexibility index (Phi) is 7.13. The van der Waals surface area contributed by atoms with Crippen molar-refractivity contribution in [1.82, 2.24) is 10.5 Å². The number of aliphatic hydroxyl groups is 2. The zero-order chi connectivity index (χ0) is 20.1. The summed E-state index contributed by atoms with van der Waals surface area (Å²) in [5.74, 6) is -5.93. The molecule has 146 valence electrons. The number of hydrogen-bond acceptors (Lipinski definition) is 6. The summed E-state index contributed by atoms with van der Waals surface area (Å²) in [6, 6.07) is 2.14. The van der Waals surface area contributed by atoms with E-state index in [-0.39, 0.29) is 5.82 Å². The van der Waals surface area contributed by atoms with Gasteiger partial charge in [0.05, 0.1) is 17.9 Å². The molecular weight excluding hydrogens is 435 g/mol. The third-order valence-electron chi connectivity index (χ3n) is 3.35. The molecule has 0 fully saturated rings. The average molecular weight is 450 g/mol. The summed E-state index contributed by atoms with van der Waals surface area (Å²) in [7, 11) is 0. The molecule has 0 saturated carbocycles. The van der Waals surface area contributed by atoms with Crippen molar-refractivity contribution in [2.45, 2.75) is 13.0 Å². The predicted octanol–water partition coefficient (Wildman–Crippen LogP) is 2.33. The van der Waals surface area contributed by atoms with Gasteiger partial charge in [-0.1, -0.05) is 0 Å². The van der Waals surface area contributed by atoms with Crippen LogP contribution in [0.4, 0.5) is 24.7 Å². The first kappa shape index (κ1) is 21.1. The average Bonchev–Trinajstić information content (AvgIpc) is 2.63. The third kappa shape index (κ3) is 5.16. The monoisotopic (exact) mass is 449 g/mol. The first-order valence-corrected chi connectivity index (χ1v) is 8.31. The summed E-state index contributed by atoms with van der Waals surface area (Å²) >= 11 is 3.21. The minimum atomic E-state index is -1.76. The number of anilines is 2. The van der Waals surface area contributed by atoms with Crippen LogP contribution in [0.5, 0.6) is 0 Å². The summed E-state index contributed by atoms with van der Waals surface area (Å²) in [6.07, 6.45) is 0.130. The van der Waals surface area contributed by atoms with Crippen LogP contribution in [0.2, 0.25) is 0 Å². The Labute approximate surface area is 160 Å². The van der Waals surface area contributed by atoms with Crippen LogP contribution in [-0.2, 0) is 4.84 Å². The summed E-state index contributed by atoms with van der Waals surface area (Å²) in [5, 5.41) is 20.3. The lowest BCUT2D eigenvalue weighted by Gasteiger charge is -2.15. The maximum absolute atomic E-state index is 14.3. The van der Waals surface area contributed by atoms with Crippen molar-refractivity contribution in [3.63, 3.8) is 0 Å². The van der Waals surface area contributed by atoms with Crippen LogP contribution < -0.4 is 10.8 Å². The molecule has 1 aromatic heterocycles. The van der Waals surface area contributed by atoms with Crippen molar-refractivity contribution in [3.8, 4) is 0 Å². The van der Waals surface area contributed by atoms with Crippen molar-refractivity contribution >= 4 is 33.3 Å². The molecule has 4 N–H and O–H groups in total. The maximum Gasteiger partial charge on any atom is 0.277 e. The number of hydrogen-bond donors (Lipinski definition) is 4. The van der Waals surface area contributed by atoms with Crippen LogP contribution in [0, 0.1) is 24.4 Å². The number of aromatic nitrogens is 1. The van der Waals surface area contributed by atoms with E-state index in [1.807, 2.05) is 5.48 Å². The quantitative estimate of drug-likeness (QED) is 0.382. The molecule has 0 aliphatic rings. The molecule has 11 heteroatoms. The number of aryl methyl sites for hydroxylation is 1. The molecule has 0 unspecified atom stereocenters. The van der Waals surface area contributed by atoms with E-state index in [2.05, 4.69) is 31.1 Å². The van der Waals surface area contributed by atoms with Gasteiger partial charge in [0.25, 0.3) is 5.91 Å². The van der Waals surface area contributed by atoms with Crippen molar-refractivity contribution in [2.75, 3.05) is 18.5 Å². The van der Waals surface area contributed by atoms with Crippen LogP contribution in [0.25, 0.3) is 0 Å². The highest BCUT2D eigenvalue weighted by molar-refractivity contribution is 9.10. The molecule has 0 aliphatic carbocycles. The summed E-state index contributed by atoms with van der Waals surface area (Å²) < 4.78 is 42.2. The molecule has 1 heterocycles. The second-order valence-electron chi connectivity index (χ2n) is 5.43. The van der Waals surface area contributed by atoms with Crippen molar-refractivity contribution in [3.05, 3.63) is 51.4 Å². The van der Waals surface area contributed by atoms with E-state index in [1.54, 1.807) is 13.0 Å². The fourth-order valence-electron chi connectivity index (χ4n) is 2.00. The second-order valence-corrected chi connectivity index (χ2v) is 6.35. The minimum Gasteiger partial charge on any atom is -0.394 e. The molecule has 0 spiro atoms. The number of hydroxylamine groups is 1. The van der Waals surface area contributed by atoms with Gasteiger partial charge in [-0.2, -0.15) is 0 Å². The van der Waals surface area contributed by atoms with Gasteiger partial charge < -0.3 is 15.5 Å². The number of pyridine rings is 1. The normalized spacial score (nSPS) is 12.0. The number of carbonyl (C=O) groups excluding carboxylic acids is 1. The molecule has 27 heavy (non-hydrogen) atoms.